The molecule has 1 aromatic heterocycles. The van der Waals surface area contributed by atoms with Crippen LogP contribution in [0.1, 0.15) is 5.69 Å². The number of aromatic hydroxyl groups is 1. The van der Waals surface area contributed by atoms with Gasteiger partial charge >= 0.3 is 0 Å². The molecule has 0 spiro atoms. The molecule has 1 aromatic rings. The molecule has 7 heavy (non-hydrogen) atoms. The van der Waals surface area contributed by atoms with Crippen LogP contribution in [0.4, 0.5) is 0 Å². The van der Waals surface area contributed by atoms with E-state index in [0.717, 1.165) is 0 Å². The van der Waals surface area contributed by atoms with Crippen molar-refractivity contribution in [1.82, 2.24) is 10.2 Å². The summed E-state index contributed by atoms with van der Waals surface area (Å²) in [5.41, 5.74) is 0.708. The molecule has 0 aliphatic rings. The Bertz CT molecular complexity index is 142. The predicted octanol–water partition coefficient (Wildman–Crippen LogP) is 0.424. The molecular weight excluding hydrogens is 92.1 g/mol. The molecule has 0 amide bonds. The molecular formula is C4H6N2O. The average Bonchev–Trinajstić information content (AvgIpc) is 1.91. The van der Waals surface area contributed by atoms with Gasteiger partial charge in [0, 0.05) is 0 Å². The zero-order valence-corrected chi connectivity index (χ0v) is 3.97. The van der Waals surface area contributed by atoms with Crippen LogP contribution in [-0.4, -0.2) is 15.3 Å². The maximum absolute atomic E-state index is 8.67. The van der Waals surface area contributed by atoms with Gasteiger partial charge in [-0.15, -0.1) is 0 Å². The number of hydrogen-bond acceptors (Lipinski definition) is 2. The number of aromatic nitrogens is 2. The van der Waals surface area contributed by atoms with Gasteiger partial charge in [0.25, 0.3) is 0 Å². The number of nitrogens with one attached hydrogen (secondary N) is 1. The summed E-state index contributed by atoms with van der Waals surface area (Å²) in [5, 5.41) is 14.8. The van der Waals surface area contributed by atoms with Gasteiger partial charge in [-0.2, -0.15) is 5.10 Å². The molecule has 0 radical (unpaired) electrons. The Morgan fingerprint density at radius 3 is 2.71 bits per heavy atom. The smallest absolute Gasteiger partial charge is 0.156 e. The minimum Gasteiger partial charge on any atom is -0.504 e. The maximum Gasteiger partial charge on any atom is 0.156 e. The van der Waals surface area contributed by atoms with E-state index in [2.05, 4.69) is 10.2 Å². The van der Waals surface area contributed by atoms with E-state index in [-0.39, 0.29) is 5.75 Å². The summed E-state index contributed by atoms with van der Waals surface area (Å²) in [5.74, 6) is 0.222. The minimum absolute atomic E-state index is 0.222. The zero-order chi connectivity index (χ0) is 5.28. The largest absolute Gasteiger partial charge is 0.504 e. The SMILES string of the molecule is Cc1[nH]ncc1O. The molecule has 3 heteroatoms. The Hall–Kier alpha value is -0.990. The van der Waals surface area contributed by atoms with E-state index in [1.54, 1.807) is 6.92 Å². The predicted molar refractivity (Wildman–Crippen MR) is 25.0 cm³/mol. The highest BCUT2D eigenvalue weighted by atomic mass is 16.3. The van der Waals surface area contributed by atoms with E-state index in [4.69, 9.17) is 5.11 Å². The third-order valence-electron chi connectivity index (χ3n) is 0.803. The lowest BCUT2D eigenvalue weighted by molar-refractivity contribution is 0.471. The van der Waals surface area contributed by atoms with E-state index in [1.165, 1.54) is 6.20 Å². The van der Waals surface area contributed by atoms with Crippen molar-refractivity contribution < 1.29 is 5.11 Å². The topological polar surface area (TPSA) is 48.9 Å². The Morgan fingerprint density at radius 1 is 1.86 bits per heavy atom. The molecule has 3 nitrogen and oxygen atoms in total. The van der Waals surface area contributed by atoms with Gasteiger partial charge in [0.15, 0.2) is 5.75 Å². The van der Waals surface area contributed by atoms with E-state index in [0.29, 0.717) is 5.69 Å². The number of nitrogens with zero attached hydrogens (tertiary/aromatic N) is 1. The van der Waals surface area contributed by atoms with Crippen molar-refractivity contribution in [3.05, 3.63) is 11.9 Å². The standard InChI is InChI=1S/C4H6N2O/c1-3-4(7)2-5-6-3/h2,7H,1H3,(H,5,6). The molecule has 38 valence electrons. The number of aryl methyl sites for hydroxylation is 1. The van der Waals surface area contributed by atoms with Gasteiger partial charge in [0.2, 0.25) is 0 Å². The third-order valence-corrected chi connectivity index (χ3v) is 0.803. The van der Waals surface area contributed by atoms with Crippen molar-refractivity contribution in [2.45, 2.75) is 6.92 Å². The fourth-order valence-electron chi connectivity index (χ4n) is 0.344. The molecule has 0 aliphatic heterocycles. The molecule has 0 unspecified atom stereocenters. The summed E-state index contributed by atoms with van der Waals surface area (Å²) in [6.07, 6.45) is 1.37. The number of H-pyrrole nitrogens is 1. The van der Waals surface area contributed by atoms with Gasteiger partial charge in [0.1, 0.15) is 0 Å². The van der Waals surface area contributed by atoms with Gasteiger partial charge in [-0.3, -0.25) is 5.10 Å². The molecule has 0 fully saturated rings. The van der Waals surface area contributed by atoms with E-state index >= 15 is 0 Å². The monoisotopic (exact) mass is 98.0 g/mol. The van der Waals surface area contributed by atoms with Crippen molar-refractivity contribution in [2.75, 3.05) is 0 Å². The van der Waals surface area contributed by atoms with Crippen LogP contribution >= 0.6 is 0 Å². The van der Waals surface area contributed by atoms with Crippen molar-refractivity contribution >= 4 is 0 Å². The second-order valence-corrected chi connectivity index (χ2v) is 1.38. The first-order valence-corrected chi connectivity index (χ1v) is 1.99. The van der Waals surface area contributed by atoms with Gasteiger partial charge in [-0.25, -0.2) is 0 Å². The maximum atomic E-state index is 8.67. The van der Waals surface area contributed by atoms with Crippen LogP contribution in [-0.2, 0) is 0 Å². The molecule has 0 saturated carbocycles. The molecule has 1 heterocycles. The van der Waals surface area contributed by atoms with E-state index in [9.17, 15) is 0 Å². The van der Waals surface area contributed by atoms with Crippen LogP contribution in [0.5, 0.6) is 5.75 Å². The lowest BCUT2D eigenvalue weighted by Crippen LogP contribution is -1.67. The summed E-state index contributed by atoms with van der Waals surface area (Å²) >= 11 is 0. The minimum atomic E-state index is 0.222. The Kier molecular flexibility index (Phi) is 0.749. The lowest BCUT2D eigenvalue weighted by atomic mass is 10.5. The lowest BCUT2D eigenvalue weighted by Gasteiger charge is -1.78. The van der Waals surface area contributed by atoms with Crippen molar-refractivity contribution in [3.8, 4) is 5.75 Å². The van der Waals surface area contributed by atoms with Crippen molar-refractivity contribution in [3.63, 3.8) is 0 Å². The van der Waals surface area contributed by atoms with Gasteiger partial charge in [-0.1, -0.05) is 0 Å². The van der Waals surface area contributed by atoms with Crippen LogP contribution in [0.15, 0.2) is 6.20 Å². The van der Waals surface area contributed by atoms with Crippen molar-refractivity contribution in [1.29, 1.82) is 0 Å². The van der Waals surface area contributed by atoms with E-state index in [1.807, 2.05) is 0 Å². The Labute approximate surface area is 41.0 Å². The highest BCUT2D eigenvalue weighted by Crippen LogP contribution is 2.07. The van der Waals surface area contributed by atoms with E-state index < -0.39 is 0 Å². The summed E-state index contributed by atoms with van der Waals surface area (Å²) in [6, 6.07) is 0. The second-order valence-electron chi connectivity index (χ2n) is 1.38. The number of aromatic amines is 1. The summed E-state index contributed by atoms with van der Waals surface area (Å²) in [7, 11) is 0. The van der Waals surface area contributed by atoms with Gasteiger partial charge < -0.3 is 5.11 Å². The quantitative estimate of drug-likeness (QED) is 0.494. The first-order chi connectivity index (χ1) is 3.30. The molecule has 1 rings (SSSR count). The molecule has 0 aliphatic carbocycles. The van der Waals surface area contributed by atoms with Crippen molar-refractivity contribution in [2.24, 2.45) is 0 Å². The molecule has 2 N–H and O–H groups in total. The molecule has 0 aromatic carbocycles. The number of hydrogen-bond donors (Lipinski definition) is 2. The summed E-state index contributed by atoms with van der Waals surface area (Å²) in [4.78, 5) is 0. The van der Waals surface area contributed by atoms with Gasteiger partial charge in [-0.05, 0) is 6.92 Å². The van der Waals surface area contributed by atoms with Crippen LogP contribution in [0, 0.1) is 6.92 Å². The van der Waals surface area contributed by atoms with Gasteiger partial charge in [0.05, 0.1) is 11.9 Å². The highest BCUT2D eigenvalue weighted by Gasteiger charge is 1.90. The molecule has 0 bridgehead atoms. The Balaban J connectivity index is 3.12. The van der Waals surface area contributed by atoms with Crippen LogP contribution in [0.2, 0.25) is 0 Å². The van der Waals surface area contributed by atoms with Crippen LogP contribution in [0.3, 0.4) is 0 Å². The average molecular weight is 98.1 g/mol. The third kappa shape index (κ3) is 0.559. The molecule has 0 saturated heterocycles. The van der Waals surface area contributed by atoms with Crippen LogP contribution < -0.4 is 0 Å². The normalized spacial score (nSPS) is 9.29. The zero-order valence-electron chi connectivity index (χ0n) is 3.97. The fraction of sp³-hybridized carbons (Fsp3) is 0.250. The van der Waals surface area contributed by atoms with Crippen LogP contribution in [0.25, 0.3) is 0 Å². The Morgan fingerprint density at radius 2 is 2.57 bits per heavy atom. The fourth-order valence-corrected chi connectivity index (χ4v) is 0.344. The highest BCUT2D eigenvalue weighted by molar-refractivity contribution is 5.18. The first kappa shape index (κ1) is 4.18. The second kappa shape index (κ2) is 1.26. The summed E-state index contributed by atoms with van der Waals surface area (Å²) in [6.45, 7) is 1.75. The first-order valence-electron chi connectivity index (χ1n) is 1.99. The number of rotatable bonds is 0. The summed E-state index contributed by atoms with van der Waals surface area (Å²) < 4.78 is 0. The molecule has 0 atom stereocenters.